The van der Waals surface area contributed by atoms with Crippen molar-refractivity contribution in [1.29, 1.82) is 0 Å². The molecule has 1 saturated carbocycles. The third-order valence-corrected chi connectivity index (χ3v) is 6.61. The minimum Gasteiger partial charge on any atom is -0.495 e. The van der Waals surface area contributed by atoms with E-state index in [2.05, 4.69) is 22.0 Å². The predicted octanol–water partition coefficient (Wildman–Crippen LogP) is 3.09. The van der Waals surface area contributed by atoms with Gasteiger partial charge in [0.1, 0.15) is 5.75 Å². The van der Waals surface area contributed by atoms with Crippen molar-refractivity contribution in [2.24, 2.45) is 0 Å². The zero-order chi connectivity index (χ0) is 21.6. The Morgan fingerprint density at radius 2 is 1.90 bits per heavy atom. The summed E-state index contributed by atoms with van der Waals surface area (Å²) in [4.78, 5) is 37.7. The zero-order valence-corrected chi connectivity index (χ0v) is 18.2. The number of ether oxygens (including phenoxy) is 1. The normalized spacial score (nSPS) is 14.7. The Kier molecular flexibility index (Phi) is 7.33. The van der Waals surface area contributed by atoms with Crippen LogP contribution in [0.25, 0.3) is 0 Å². The van der Waals surface area contributed by atoms with Gasteiger partial charge in [-0.1, -0.05) is 30.5 Å². The standard InChI is InChI=1S/C21H24ClN3O4S/c1-29-16-7-6-14(22)11-15(16)25-20(28)19(27)23-12-18(26)24-13-21(8-2-3-9-21)17-5-4-10-30-17/h4-7,10-11H,2-3,8-9,12-13H2,1H3,(H,23,27)(H,24,26)(H,25,28). The van der Waals surface area contributed by atoms with E-state index >= 15 is 0 Å². The number of hydrogen-bond acceptors (Lipinski definition) is 5. The molecule has 1 fully saturated rings. The topological polar surface area (TPSA) is 96.5 Å². The van der Waals surface area contributed by atoms with E-state index < -0.39 is 11.8 Å². The monoisotopic (exact) mass is 449 g/mol. The second-order valence-electron chi connectivity index (χ2n) is 7.22. The molecule has 3 amide bonds. The lowest BCUT2D eigenvalue weighted by Crippen LogP contribution is -2.45. The van der Waals surface area contributed by atoms with E-state index in [1.54, 1.807) is 23.5 Å². The number of halogens is 1. The summed E-state index contributed by atoms with van der Waals surface area (Å²) >= 11 is 7.62. The van der Waals surface area contributed by atoms with Gasteiger partial charge in [0.25, 0.3) is 0 Å². The Morgan fingerprint density at radius 3 is 2.57 bits per heavy atom. The van der Waals surface area contributed by atoms with Gasteiger partial charge in [-0.15, -0.1) is 11.3 Å². The zero-order valence-electron chi connectivity index (χ0n) is 16.6. The van der Waals surface area contributed by atoms with Crippen molar-refractivity contribution in [2.45, 2.75) is 31.1 Å². The number of amides is 3. The fourth-order valence-electron chi connectivity index (χ4n) is 3.67. The molecule has 3 N–H and O–H groups in total. The molecular weight excluding hydrogens is 426 g/mol. The molecule has 1 aromatic heterocycles. The maximum atomic E-state index is 12.3. The van der Waals surface area contributed by atoms with Crippen molar-refractivity contribution in [2.75, 3.05) is 25.5 Å². The molecular formula is C21H24ClN3O4S. The van der Waals surface area contributed by atoms with E-state index in [0.717, 1.165) is 25.7 Å². The molecule has 0 spiro atoms. The first-order chi connectivity index (χ1) is 14.4. The van der Waals surface area contributed by atoms with Crippen molar-refractivity contribution < 1.29 is 19.1 Å². The minimum atomic E-state index is -0.916. The van der Waals surface area contributed by atoms with Gasteiger partial charge < -0.3 is 20.7 Å². The predicted molar refractivity (Wildman–Crippen MR) is 117 cm³/mol. The molecule has 3 rings (SSSR count). The average molecular weight is 450 g/mol. The SMILES string of the molecule is COc1ccc(Cl)cc1NC(=O)C(=O)NCC(=O)NCC1(c2cccs2)CCCC1. The van der Waals surface area contributed by atoms with E-state index in [-0.39, 0.29) is 23.6 Å². The lowest BCUT2D eigenvalue weighted by Gasteiger charge is -2.28. The van der Waals surface area contributed by atoms with Crippen LogP contribution in [0, 0.1) is 0 Å². The van der Waals surface area contributed by atoms with Crippen LogP contribution in [0.15, 0.2) is 35.7 Å². The molecule has 0 saturated heterocycles. The van der Waals surface area contributed by atoms with Gasteiger partial charge in [-0.05, 0) is 42.5 Å². The quantitative estimate of drug-likeness (QED) is 0.566. The molecule has 1 aliphatic carbocycles. The van der Waals surface area contributed by atoms with E-state index in [4.69, 9.17) is 16.3 Å². The molecule has 7 nitrogen and oxygen atoms in total. The van der Waals surface area contributed by atoms with Gasteiger partial charge in [0, 0.05) is 21.9 Å². The molecule has 30 heavy (non-hydrogen) atoms. The van der Waals surface area contributed by atoms with Gasteiger partial charge in [-0.3, -0.25) is 14.4 Å². The first-order valence-electron chi connectivity index (χ1n) is 9.67. The third kappa shape index (κ3) is 5.31. The van der Waals surface area contributed by atoms with Crippen molar-refractivity contribution >= 4 is 46.3 Å². The largest absolute Gasteiger partial charge is 0.495 e. The number of carbonyl (C=O) groups is 3. The Morgan fingerprint density at radius 1 is 1.13 bits per heavy atom. The number of anilines is 1. The van der Waals surface area contributed by atoms with Crippen LogP contribution >= 0.6 is 22.9 Å². The van der Waals surface area contributed by atoms with E-state index in [1.165, 1.54) is 18.1 Å². The molecule has 160 valence electrons. The molecule has 9 heteroatoms. The van der Waals surface area contributed by atoms with Gasteiger partial charge >= 0.3 is 11.8 Å². The molecule has 0 unspecified atom stereocenters. The van der Waals surface area contributed by atoms with Crippen LogP contribution in [0.3, 0.4) is 0 Å². The van der Waals surface area contributed by atoms with Crippen LogP contribution in [0.2, 0.25) is 5.02 Å². The summed E-state index contributed by atoms with van der Waals surface area (Å²) in [7, 11) is 1.44. The van der Waals surface area contributed by atoms with E-state index in [0.29, 0.717) is 17.3 Å². The number of hydrogen-bond donors (Lipinski definition) is 3. The molecule has 0 atom stereocenters. The first kappa shape index (κ1) is 22.1. The van der Waals surface area contributed by atoms with Gasteiger partial charge in [0.05, 0.1) is 19.3 Å². The summed E-state index contributed by atoms with van der Waals surface area (Å²) < 4.78 is 5.13. The number of carbonyl (C=O) groups excluding carboxylic acids is 3. The van der Waals surface area contributed by atoms with Crippen LogP contribution < -0.4 is 20.7 Å². The Balaban J connectivity index is 1.49. The molecule has 0 aliphatic heterocycles. The van der Waals surface area contributed by atoms with Gasteiger partial charge in [-0.2, -0.15) is 0 Å². The van der Waals surface area contributed by atoms with Crippen LogP contribution in [0.5, 0.6) is 5.75 Å². The van der Waals surface area contributed by atoms with Gasteiger partial charge in [-0.25, -0.2) is 0 Å². The molecule has 2 aromatic rings. The summed E-state index contributed by atoms with van der Waals surface area (Å²) in [5.41, 5.74) is 0.239. The lowest BCUT2D eigenvalue weighted by atomic mass is 9.84. The third-order valence-electron chi connectivity index (χ3n) is 5.25. The van der Waals surface area contributed by atoms with Gasteiger partial charge in [0.15, 0.2) is 0 Å². The fourth-order valence-corrected chi connectivity index (χ4v) is 4.83. The highest BCUT2D eigenvalue weighted by atomic mass is 35.5. The molecule has 1 heterocycles. The highest BCUT2D eigenvalue weighted by molar-refractivity contribution is 7.10. The van der Waals surface area contributed by atoms with Crippen molar-refractivity contribution in [3.63, 3.8) is 0 Å². The van der Waals surface area contributed by atoms with Crippen LogP contribution in [0.4, 0.5) is 5.69 Å². The summed E-state index contributed by atoms with van der Waals surface area (Å²) in [6.07, 6.45) is 4.34. The molecule has 0 bridgehead atoms. The number of rotatable bonds is 7. The minimum absolute atomic E-state index is 0.0334. The first-order valence-corrected chi connectivity index (χ1v) is 10.9. The van der Waals surface area contributed by atoms with Crippen molar-refractivity contribution in [3.05, 3.63) is 45.6 Å². The summed E-state index contributed by atoms with van der Waals surface area (Å²) in [5, 5.41) is 10.1. The van der Waals surface area contributed by atoms with Crippen LogP contribution in [-0.2, 0) is 19.8 Å². The number of methoxy groups -OCH3 is 1. The second-order valence-corrected chi connectivity index (χ2v) is 8.61. The van der Waals surface area contributed by atoms with Crippen LogP contribution in [0.1, 0.15) is 30.6 Å². The van der Waals surface area contributed by atoms with Crippen molar-refractivity contribution in [1.82, 2.24) is 10.6 Å². The fraction of sp³-hybridized carbons (Fsp3) is 0.381. The smallest absolute Gasteiger partial charge is 0.313 e. The molecule has 0 radical (unpaired) electrons. The van der Waals surface area contributed by atoms with Crippen molar-refractivity contribution in [3.8, 4) is 5.75 Å². The Bertz CT molecular complexity index is 911. The molecule has 1 aromatic carbocycles. The summed E-state index contributed by atoms with van der Waals surface area (Å²) in [6.45, 7) is 0.244. The Labute approximate surface area is 184 Å². The number of thiophene rings is 1. The van der Waals surface area contributed by atoms with Crippen LogP contribution in [-0.4, -0.2) is 37.9 Å². The van der Waals surface area contributed by atoms with Gasteiger partial charge in [0.2, 0.25) is 5.91 Å². The van der Waals surface area contributed by atoms with E-state index in [9.17, 15) is 14.4 Å². The maximum Gasteiger partial charge on any atom is 0.313 e. The number of benzene rings is 1. The highest BCUT2D eigenvalue weighted by Crippen LogP contribution is 2.42. The average Bonchev–Trinajstić information content (AvgIpc) is 3.43. The highest BCUT2D eigenvalue weighted by Gasteiger charge is 2.36. The second kappa shape index (κ2) is 9.95. The van der Waals surface area contributed by atoms with E-state index in [1.807, 2.05) is 11.4 Å². The summed E-state index contributed by atoms with van der Waals surface area (Å²) in [5.74, 6) is -1.79. The lowest BCUT2D eigenvalue weighted by molar-refractivity contribution is -0.136. The Hall–Kier alpha value is -2.58. The maximum absolute atomic E-state index is 12.3. The summed E-state index contributed by atoms with van der Waals surface area (Å²) in [6, 6.07) is 8.79. The molecule has 1 aliphatic rings. The number of nitrogens with one attached hydrogen (secondary N) is 3.